The molecule has 25 heavy (non-hydrogen) atoms. The summed E-state index contributed by atoms with van der Waals surface area (Å²) in [6, 6.07) is 7.34. The average Bonchev–Trinajstić information content (AvgIpc) is 2.57. The number of nitrogens with one attached hydrogen (secondary N) is 1. The number of nitrogens with zero attached hydrogens (tertiary/aromatic N) is 2. The van der Waals surface area contributed by atoms with Gasteiger partial charge in [-0.25, -0.2) is 4.98 Å². The first-order valence-electron chi connectivity index (χ1n) is 7.58. The van der Waals surface area contributed by atoms with Crippen LogP contribution in [0.3, 0.4) is 0 Å². The van der Waals surface area contributed by atoms with Crippen LogP contribution in [0.1, 0.15) is 31.4 Å². The van der Waals surface area contributed by atoms with Gasteiger partial charge < -0.3 is 4.74 Å². The molecule has 0 fully saturated rings. The van der Waals surface area contributed by atoms with Gasteiger partial charge in [-0.3, -0.25) is 5.43 Å². The van der Waals surface area contributed by atoms with Gasteiger partial charge in [0.15, 0.2) is 0 Å². The summed E-state index contributed by atoms with van der Waals surface area (Å²) >= 11 is 6.16. The fourth-order valence-corrected chi connectivity index (χ4v) is 2.03. The van der Waals surface area contributed by atoms with Crippen molar-refractivity contribution < 1.29 is 17.9 Å². The minimum absolute atomic E-state index is 0.0597. The van der Waals surface area contributed by atoms with E-state index in [0.717, 1.165) is 18.7 Å². The summed E-state index contributed by atoms with van der Waals surface area (Å²) in [5.74, 6) is 0.789. The number of hydrogen-bond acceptors (Lipinski definition) is 4. The number of hydrazone groups is 1. The van der Waals surface area contributed by atoms with Crippen molar-refractivity contribution in [2.24, 2.45) is 5.10 Å². The van der Waals surface area contributed by atoms with Gasteiger partial charge in [0, 0.05) is 6.20 Å². The molecule has 8 heteroatoms. The van der Waals surface area contributed by atoms with Gasteiger partial charge in [-0.2, -0.15) is 18.3 Å². The van der Waals surface area contributed by atoms with Crippen LogP contribution in [-0.4, -0.2) is 17.3 Å². The minimum Gasteiger partial charge on any atom is -0.489 e. The summed E-state index contributed by atoms with van der Waals surface area (Å²) in [7, 11) is 0. The lowest BCUT2D eigenvalue weighted by Gasteiger charge is -2.13. The van der Waals surface area contributed by atoms with Crippen molar-refractivity contribution in [3.63, 3.8) is 0 Å². The van der Waals surface area contributed by atoms with Gasteiger partial charge in [0.1, 0.15) is 11.6 Å². The van der Waals surface area contributed by atoms with Crippen LogP contribution in [-0.2, 0) is 6.18 Å². The molecule has 0 saturated heterocycles. The second-order valence-electron chi connectivity index (χ2n) is 5.33. The van der Waals surface area contributed by atoms with Crippen molar-refractivity contribution in [2.75, 3.05) is 5.43 Å². The van der Waals surface area contributed by atoms with Crippen LogP contribution in [0.5, 0.6) is 5.75 Å². The van der Waals surface area contributed by atoms with E-state index in [1.54, 1.807) is 18.2 Å². The molecule has 4 nitrogen and oxygen atoms in total. The Morgan fingerprint density at radius 3 is 2.64 bits per heavy atom. The summed E-state index contributed by atoms with van der Waals surface area (Å²) in [4.78, 5) is 3.66. The molecule has 2 rings (SSSR count). The zero-order valence-corrected chi connectivity index (χ0v) is 14.4. The number of rotatable bonds is 6. The molecular weight excluding hydrogens is 355 g/mol. The number of anilines is 1. The van der Waals surface area contributed by atoms with E-state index in [-0.39, 0.29) is 11.9 Å². The number of ether oxygens (including phenoxy) is 1. The molecule has 1 aromatic heterocycles. The Balaban J connectivity index is 1.99. The molecular formula is C17H17ClF3N3O. The van der Waals surface area contributed by atoms with E-state index in [2.05, 4.69) is 15.5 Å². The van der Waals surface area contributed by atoms with Crippen molar-refractivity contribution in [3.05, 3.63) is 52.7 Å². The predicted molar refractivity (Wildman–Crippen MR) is 92.3 cm³/mol. The van der Waals surface area contributed by atoms with Gasteiger partial charge in [-0.1, -0.05) is 18.5 Å². The van der Waals surface area contributed by atoms with E-state index in [1.165, 1.54) is 12.3 Å². The highest BCUT2D eigenvalue weighted by Gasteiger charge is 2.30. The lowest BCUT2D eigenvalue weighted by atomic mass is 10.2. The molecule has 0 unspecified atom stereocenters. The Labute approximate surface area is 148 Å². The maximum atomic E-state index is 12.5. The first-order chi connectivity index (χ1) is 11.8. The van der Waals surface area contributed by atoms with Crippen molar-refractivity contribution >= 4 is 23.6 Å². The Morgan fingerprint density at radius 2 is 2.08 bits per heavy atom. The van der Waals surface area contributed by atoms with Crippen LogP contribution in [0.15, 0.2) is 41.6 Å². The van der Waals surface area contributed by atoms with Crippen LogP contribution < -0.4 is 10.2 Å². The highest BCUT2D eigenvalue weighted by atomic mass is 35.5. The molecule has 1 atom stereocenters. The molecule has 0 amide bonds. The van der Waals surface area contributed by atoms with Crippen molar-refractivity contribution in [1.29, 1.82) is 0 Å². The lowest BCUT2D eigenvalue weighted by molar-refractivity contribution is -0.137. The first-order valence-corrected chi connectivity index (χ1v) is 7.96. The van der Waals surface area contributed by atoms with Gasteiger partial charge >= 0.3 is 6.18 Å². The number of halogens is 4. The van der Waals surface area contributed by atoms with Crippen LogP contribution >= 0.6 is 11.6 Å². The maximum Gasteiger partial charge on any atom is 0.417 e. The van der Waals surface area contributed by atoms with Crippen molar-refractivity contribution in [1.82, 2.24) is 4.98 Å². The van der Waals surface area contributed by atoms with E-state index in [4.69, 9.17) is 16.3 Å². The molecule has 2 aromatic rings. The molecule has 1 heterocycles. The predicted octanol–water partition coefficient (Wildman–Crippen LogP) is 5.38. The van der Waals surface area contributed by atoms with Crippen molar-refractivity contribution in [2.45, 2.75) is 32.5 Å². The average molecular weight is 372 g/mol. The topological polar surface area (TPSA) is 46.5 Å². The summed E-state index contributed by atoms with van der Waals surface area (Å²) in [5.41, 5.74) is 2.46. The first kappa shape index (κ1) is 19.1. The van der Waals surface area contributed by atoms with Gasteiger partial charge in [0.2, 0.25) is 0 Å². The fourth-order valence-electron chi connectivity index (χ4n) is 1.79. The summed E-state index contributed by atoms with van der Waals surface area (Å²) in [6.07, 6.45) is -1.26. The minimum atomic E-state index is -4.41. The van der Waals surface area contributed by atoms with Gasteiger partial charge in [0.05, 0.1) is 22.9 Å². The molecule has 0 aliphatic rings. The molecule has 0 radical (unpaired) electrons. The van der Waals surface area contributed by atoms with Gasteiger partial charge in [-0.15, -0.1) is 0 Å². The number of hydrogen-bond donors (Lipinski definition) is 1. The molecule has 134 valence electrons. The van der Waals surface area contributed by atoms with Gasteiger partial charge in [0.25, 0.3) is 0 Å². The van der Waals surface area contributed by atoms with Crippen LogP contribution in [0.4, 0.5) is 19.0 Å². The van der Waals surface area contributed by atoms with Gasteiger partial charge in [-0.05, 0) is 49.2 Å². The van der Waals surface area contributed by atoms with E-state index in [0.29, 0.717) is 16.3 Å². The number of benzene rings is 1. The molecule has 0 aliphatic carbocycles. The molecule has 0 saturated carbocycles. The molecule has 1 aromatic carbocycles. The van der Waals surface area contributed by atoms with E-state index in [9.17, 15) is 13.2 Å². The second-order valence-corrected chi connectivity index (χ2v) is 5.73. The van der Waals surface area contributed by atoms with Crippen LogP contribution in [0, 0.1) is 0 Å². The monoisotopic (exact) mass is 371 g/mol. The van der Waals surface area contributed by atoms with Crippen LogP contribution in [0.2, 0.25) is 5.02 Å². The zero-order chi connectivity index (χ0) is 18.4. The molecule has 0 aliphatic heterocycles. The maximum absolute atomic E-state index is 12.5. The second kappa shape index (κ2) is 8.20. The number of pyridine rings is 1. The smallest absolute Gasteiger partial charge is 0.417 e. The summed E-state index contributed by atoms with van der Waals surface area (Å²) in [5, 5.41) is 4.39. The number of alkyl halides is 3. The SMILES string of the molecule is CC[C@@H](C)Oc1ccc(/C=N\Nc2ccc(C(F)(F)F)cn2)cc1Cl. The zero-order valence-electron chi connectivity index (χ0n) is 13.6. The Bertz CT molecular complexity index is 733. The Kier molecular flexibility index (Phi) is 6.25. The van der Waals surface area contributed by atoms with E-state index < -0.39 is 11.7 Å². The fraction of sp³-hybridized carbons (Fsp3) is 0.294. The molecule has 0 bridgehead atoms. The highest BCUT2D eigenvalue weighted by molar-refractivity contribution is 6.32. The van der Waals surface area contributed by atoms with E-state index >= 15 is 0 Å². The molecule has 1 N–H and O–H groups in total. The lowest BCUT2D eigenvalue weighted by Crippen LogP contribution is -2.10. The third-order valence-electron chi connectivity index (χ3n) is 3.34. The van der Waals surface area contributed by atoms with Crippen LogP contribution in [0.25, 0.3) is 0 Å². The summed E-state index contributed by atoms with van der Waals surface area (Å²) < 4.78 is 43.0. The third-order valence-corrected chi connectivity index (χ3v) is 3.64. The normalized spacial score (nSPS) is 13.0. The quantitative estimate of drug-likeness (QED) is 0.548. The molecule has 0 spiro atoms. The van der Waals surface area contributed by atoms with Crippen molar-refractivity contribution in [3.8, 4) is 5.75 Å². The standard InChI is InChI=1S/C17H17ClF3N3O/c1-3-11(2)25-15-6-4-12(8-14(15)18)9-23-24-16-7-5-13(10-22-16)17(19,20)21/h4-11H,3H2,1-2H3,(H,22,24)/b23-9-/t11-/m1/s1. The Morgan fingerprint density at radius 1 is 1.32 bits per heavy atom. The third kappa shape index (κ3) is 5.63. The summed E-state index contributed by atoms with van der Waals surface area (Å²) in [6.45, 7) is 3.97. The van der Waals surface area contributed by atoms with E-state index in [1.807, 2.05) is 13.8 Å². The number of aromatic nitrogens is 1. The highest BCUT2D eigenvalue weighted by Crippen LogP contribution is 2.29. The Hall–Kier alpha value is -2.28. The largest absolute Gasteiger partial charge is 0.489 e.